The van der Waals surface area contributed by atoms with Crippen LogP contribution in [-0.2, 0) is 22.6 Å². The number of nitrogens with zero attached hydrogens (tertiary/aromatic N) is 1. The third-order valence-electron chi connectivity index (χ3n) is 5.07. The lowest BCUT2D eigenvalue weighted by atomic mass is 9.86. The molecule has 1 fully saturated rings. The molecular formula is C22H27NO3. The molecule has 2 unspecified atom stereocenters. The highest BCUT2D eigenvalue weighted by Gasteiger charge is 2.48. The van der Waals surface area contributed by atoms with Crippen molar-refractivity contribution in [3.05, 3.63) is 71.8 Å². The molecule has 0 bridgehead atoms. The maximum atomic E-state index is 11.9. The Morgan fingerprint density at radius 2 is 1.58 bits per heavy atom. The minimum Gasteiger partial charge on any atom is -0.441 e. The van der Waals surface area contributed by atoms with Crippen LogP contribution in [0.15, 0.2) is 60.7 Å². The summed E-state index contributed by atoms with van der Waals surface area (Å²) in [5, 5.41) is 10.9. The van der Waals surface area contributed by atoms with Gasteiger partial charge >= 0.3 is 5.97 Å². The summed E-state index contributed by atoms with van der Waals surface area (Å²) in [6.07, 6.45) is 2.49. The van der Waals surface area contributed by atoms with E-state index >= 15 is 0 Å². The Labute approximate surface area is 155 Å². The molecule has 1 N–H and O–H groups in total. The molecule has 2 aromatic carbocycles. The van der Waals surface area contributed by atoms with Gasteiger partial charge in [-0.15, -0.1) is 0 Å². The summed E-state index contributed by atoms with van der Waals surface area (Å²) < 4.78 is 5.83. The second kappa shape index (κ2) is 8.47. The fraction of sp³-hybridized carbons (Fsp3) is 0.409. The van der Waals surface area contributed by atoms with Crippen molar-refractivity contribution >= 4 is 5.97 Å². The standard InChI is InChI=1S/C22H27NO3/c1-18(24)26-22(15-9-8-14-21(22)25)23(16-19-10-4-2-5-11-19)17-20-12-6-3-7-13-20/h2-7,10-13,21,25H,8-9,14-17H2,1H3. The van der Waals surface area contributed by atoms with Crippen molar-refractivity contribution in [2.75, 3.05) is 0 Å². The molecule has 1 saturated carbocycles. The molecular weight excluding hydrogens is 326 g/mol. The van der Waals surface area contributed by atoms with Gasteiger partial charge in [-0.1, -0.05) is 67.1 Å². The van der Waals surface area contributed by atoms with Gasteiger partial charge in [0.05, 0.1) is 0 Å². The number of benzene rings is 2. The van der Waals surface area contributed by atoms with E-state index in [-0.39, 0.29) is 5.97 Å². The summed E-state index contributed by atoms with van der Waals surface area (Å²) in [7, 11) is 0. The van der Waals surface area contributed by atoms with Crippen molar-refractivity contribution in [2.45, 2.75) is 57.5 Å². The molecule has 4 heteroatoms. The van der Waals surface area contributed by atoms with Gasteiger partial charge in [0.25, 0.3) is 0 Å². The molecule has 0 radical (unpaired) electrons. The lowest BCUT2D eigenvalue weighted by Gasteiger charge is -2.48. The Hall–Kier alpha value is -2.17. The maximum Gasteiger partial charge on any atom is 0.304 e. The Morgan fingerprint density at radius 1 is 1.04 bits per heavy atom. The number of hydrogen-bond donors (Lipinski definition) is 1. The highest BCUT2D eigenvalue weighted by molar-refractivity contribution is 5.66. The van der Waals surface area contributed by atoms with Gasteiger partial charge in [0.1, 0.15) is 6.10 Å². The second-order valence-electron chi connectivity index (χ2n) is 7.03. The molecule has 138 valence electrons. The molecule has 2 aromatic rings. The van der Waals surface area contributed by atoms with Crippen molar-refractivity contribution in [1.29, 1.82) is 0 Å². The zero-order chi connectivity index (χ0) is 18.4. The smallest absolute Gasteiger partial charge is 0.304 e. The van der Waals surface area contributed by atoms with Gasteiger partial charge in [-0.3, -0.25) is 9.69 Å². The normalized spacial score (nSPS) is 23.0. The fourth-order valence-corrected chi connectivity index (χ4v) is 3.84. The van der Waals surface area contributed by atoms with Gasteiger partial charge in [-0.05, 0) is 24.0 Å². The first-order valence-electron chi connectivity index (χ1n) is 9.31. The van der Waals surface area contributed by atoms with Crippen molar-refractivity contribution in [1.82, 2.24) is 4.90 Å². The number of hydrogen-bond acceptors (Lipinski definition) is 4. The maximum absolute atomic E-state index is 11.9. The van der Waals surface area contributed by atoms with Crippen LogP contribution in [0.4, 0.5) is 0 Å². The van der Waals surface area contributed by atoms with Crippen LogP contribution >= 0.6 is 0 Å². The van der Waals surface area contributed by atoms with E-state index in [1.54, 1.807) is 0 Å². The van der Waals surface area contributed by atoms with Gasteiger partial charge in [0.15, 0.2) is 5.72 Å². The van der Waals surface area contributed by atoms with E-state index in [2.05, 4.69) is 29.2 Å². The fourth-order valence-electron chi connectivity index (χ4n) is 3.84. The van der Waals surface area contributed by atoms with E-state index in [1.165, 1.54) is 6.92 Å². The Balaban J connectivity index is 1.96. The van der Waals surface area contributed by atoms with Crippen LogP contribution < -0.4 is 0 Å². The average molecular weight is 353 g/mol. The summed E-state index contributed by atoms with van der Waals surface area (Å²) in [4.78, 5) is 14.0. The van der Waals surface area contributed by atoms with Gasteiger partial charge in [-0.2, -0.15) is 0 Å². The molecule has 26 heavy (non-hydrogen) atoms. The summed E-state index contributed by atoms with van der Waals surface area (Å²) in [6.45, 7) is 2.65. The Morgan fingerprint density at radius 3 is 2.04 bits per heavy atom. The molecule has 0 heterocycles. The van der Waals surface area contributed by atoms with E-state index in [0.717, 1.165) is 24.0 Å². The van der Waals surface area contributed by atoms with Crippen molar-refractivity contribution < 1.29 is 14.6 Å². The second-order valence-corrected chi connectivity index (χ2v) is 7.03. The van der Waals surface area contributed by atoms with Crippen LogP contribution in [0, 0.1) is 0 Å². The lowest BCUT2D eigenvalue weighted by molar-refractivity contribution is -0.230. The van der Waals surface area contributed by atoms with Crippen LogP contribution in [0.3, 0.4) is 0 Å². The first-order chi connectivity index (χ1) is 12.6. The largest absolute Gasteiger partial charge is 0.441 e. The van der Waals surface area contributed by atoms with Crippen LogP contribution in [-0.4, -0.2) is 27.8 Å². The number of carbonyl (C=O) groups is 1. The quantitative estimate of drug-likeness (QED) is 0.632. The highest BCUT2D eigenvalue weighted by atomic mass is 16.6. The molecule has 0 amide bonds. The van der Waals surface area contributed by atoms with Crippen LogP contribution in [0.5, 0.6) is 0 Å². The van der Waals surface area contributed by atoms with E-state index < -0.39 is 11.8 Å². The summed E-state index contributed by atoms with van der Waals surface area (Å²) in [5.41, 5.74) is 1.29. The Bertz CT molecular complexity index is 662. The first-order valence-corrected chi connectivity index (χ1v) is 9.31. The molecule has 4 nitrogen and oxygen atoms in total. The Kier molecular flexibility index (Phi) is 6.07. The number of esters is 1. The number of aliphatic hydroxyl groups excluding tert-OH is 1. The van der Waals surface area contributed by atoms with Crippen molar-refractivity contribution in [3.8, 4) is 0 Å². The van der Waals surface area contributed by atoms with E-state index in [9.17, 15) is 9.90 Å². The molecule has 0 saturated heterocycles. The van der Waals surface area contributed by atoms with Crippen LogP contribution in [0.2, 0.25) is 0 Å². The molecule has 0 aliphatic heterocycles. The average Bonchev–Trinajstić information content (AvgIpc) is 2.64. The van der Waals surface area contributed by atoms with E-state index in [1.807, 2.05) is 36.4 Å². The zero-order valence-corrected chi connectivity index (χ0v) is 15.3. The molecule has 1 aliphatic carbocycles. The van der Waals surface area contributed by atoms with Crippen LogP contribution in [0.1, 0.15) is 43.7 Å². The highest BCUT2D eigenvalue weighted by Crippen LogP contribution is 2.37. The van der Waals surface area contributed by atoms with Gasteiger partial charge < -0.3 is 9.84 Å². The van der Waals surface area contributed by atoms with Crippen molar-refractivity contribution in [2.24, 2.45) is 0 Å². The number of ether oxygens (including phenoxy) is 1. The SMILES string of the molecule is CC(=O)OC1(N(Cc2ccccc2)Cc2ccccc2)CCCCC1O. The lowest BCUT2D eigenvalue weighted by Crippen LogP contribution is -2.60. The summed E-state index contributed by atoms with van der Waals surface area (Å²) in [5.74, 6) is -0.350. The number of rotatable bonds is 6. The minimum absolute atomic E-state index is 0.350. The minimum atomic E-state index is -0.976. The number of aliphatic hydroxyl groups is 1. The third-order valence-corrected chi connectivity index (χ3v) is 5.07. The predicted octanol–water partition coefficient (Wildman–Crippen LogP) is 3.88. The monoisotopic (exact) mass is 353 g/mol. The van der Waals surface area contributed by atoms with Gasteiger partial charge in [0.2, 0.25) is 0 Å². The third kappa shape index (κ3) is 4.32. The van der Waals surface area contributed by atoms with E-state index in [0.29, 0.717) is 25.9 Å². The molecule has 3 rings (SSSR count). The molecule has 1 aliphatic rings. The zero-order valence-electron chi connectivity index (χ0n) is 15.3. The van der Waals surface area contributed by atoms with Gasteiger partial charge in [-0.25, -0.2) is 0 Å². The molecule has 2 atom stereocenters. The van der Waals surface area contributed by atoms with Crippen molar-refractivity contribution in [3.63, 3.8) is 0 Å². The van der Waals surface area contributed by atoms with E-state index in [4.69, 9.17) is 4.74 Å². The topological polar surface area (TPSA) is 49.8 Å². The molecule has 0 spiro atoms. The molecule has 0 aromatic heterocycles. The summed E-state index contributed by atoms with van der Waals surface area (Å²) >= 11 is 0. The van der Waals surface area contributed by atoms with Crippen LogP contribution in [0.25, 0.3) is 0 Å². The number of carbonyl (C=O) groups excluding carboxylic acids is 1. The first kappa shape index (κ1) is 18.6. The predicted molar refractivity (Wildman–Crippen MR) is 101 cm³/mol. The van der Waals surface area contributed by atoms with Gasteiger partial charge in [0, 0.05) is 26.4 Å². The summed E-state index contributed by atoms with van der Waals surface area (Å²) in [6, 6.07) is 20.3.